The van der Waals surface area contributed by atoms with Crippen LogP contribution in [0, 0.1) is 0 Å². The molecule has 0 saturated carbocycles. The molecule has 0 unspecified atom stereocenters. The van der Waals surface area contributed by atoms with Gasteiger partial charge in [0.05, 0.1) is 10.5 Å². The minimum Gasteiger partial charge on any atom is -0.457 e. The molecule has 7 heteroatoms. The Morgan fingerprint density at radius 2 is 1.79 bits per heavy atom. The van der Waals surface area contributed by atoms with Crippen molar-refractivity contribution in [1.29, 1.82) is 0 Å². The van der Waals surface area contributed by atoms with Crippen LogP contribution in [0.1, 0.15) is 11.1 Å². The smallest absolute Gasteiger partial charge is 0.339 e. The highest BCUT2D eigenvalue weighted by Crippen LogP contribution is 2.37. The van der Waals surface area contributed by atoms with Crippen LogP contribution in [0.25, 0.3) is 11.1 Å². The van der Waals surface area contributed by atoms with Gasteiger partial charge in [0.25, 0.3) is 0 Å². The number of halogens is 2. The number of esters is 1. The molecule has 0 aromatic heterocycles. The zero-order valence-corrected chi connectivity index (χ0v) is 15.7. The van der Waals surface area contributed by atoms with Gasteiger partial charge in [-0.15, -0.1) is 0 Å². The van der Waals surface area contributed by atoms with E-state index in [-0.39, 0.29) is 11.5 Å². The summed E-state index contributed by atoms with van der Waals surface area (Å²) in [6.45, 7) is 0.140. The van der Waals surface area contributed by atoms with Gasteiger partial charge in [-0.25, -0.2) is 13.2 Å². The van der Waals surface area contributed by atoms with Crippen LogP contribution >= 0.6 is 27.5 Å². The van der Waals surface area contributed by atoms with Crippen LogP contribution in [-0.2, 0) is 19.4 Å². The van der Waals surface area contributed by atoms with E-state index in [4.69, 9.17) is 16.3 Å². The molecule has 0 aliphatic carbocycles. The van der Waals surface area contributed by atoms with Crippen molar-refractivity contribution in [2.75, 3.05) is 12.9 Å². The van der Waals surface area contributed by atoms with Crippen molar-refractivity contribution in [2.24, 2.45) is 0 Å². The first-order valence-corrected chi connectivity index (χ1v) is 10.00. The molecular weight excluding hydrogens is 416 g/mol. The van der Waals surface area contributed by atoms with Crippen molar-refractivity contribution in [2.45, 2.75) is 4.90 Å². The summed E-state index contributed by atoms with van der Waals surface area (Å²) < 4.78 is 29.0. The van der Waals surface area contributed by atoms with Crippen LogP contribution < -0.4 is 0 Å². The molecule has 0 bridgehead atoms. The summed E-state index contributed by atoms with van der Waals surface area (Å²) in [6.07, 6.45) is 1.15. The molecule has 0 atom stereocenters. The van der Waals surface area contributed by atoms with E-state index < -0.39 is 15.8 Å². The third-order valence-electron chi connectivity index (χ3n) is 3.68. The largest absolute Gasteiger partial charge is 0.457 e. The van der Waals surface area contributed by atoms with Crippen LogP contribution in [0.5, 0.6) is 0 Å². The van der Waals surface area contributed by atoms with Crippen molar-refractivity contribution in [3.63, 3.8) is 0 Å². The number of hydrogen-bond donors (Lipinski definition) is 0. The maximum atomic E-state index is 12.2. The zero-order valence-electron chi connectivity index (χ0n) is 12.5. The molecule has 0 amide bonds. The quantitative estimate of drug-likeness (QED) is 0.695. The predicted octanol–water partition coefficient (Wildman–Crippen LogP) is 3.97. The summed E-state index contributed by atoms with van der Waals surface area (Å²) >= 11 is 9.37. The second kappa shape index (κ2) is 6.35. The summed E-state index contributed by atoms with van der Waals surface area (Å²) in [5.41, 5.74) is 2.59. The minimum absolute atomic E-state index is 0.140. The van der Waals surface area contributed by atoms with Crippen LogP contribution in [0.3, 0.4) is 0 Å². The fourth-order valence-corrected chi connectivity index (χ4v) is 4.01. The molecule has 2 aromatic carbocycles. The van der Waals surface area contributed by atoms with E-state index in [1.165, 1.54) is 12.1 Å². The maximum Gasteiger partial charge on any atom is 0.339 e. The first kappa shape index (κ1) is 17.2. The molecule has 0 fully saturated rings. The van der Waals surface area contributed by atoms with Crippen LogP contribution in [0.4, 0.5) is 0 Å². The van der Waals surface area contributed by atoms with Gasteiger partial charge in [0.1, 0.15) is 6.61 Å². The lowest BCUT2D eigenvalue weighted by molar-refractivity contribution is -0.133. The molecule has 1 heterocycles. The molecule has 2 aromatic rings. The summed E-state index contributed by atoms with van der Waals surface area (Å²) in [7, 11) is -3.27. The lowest BCUT2D eigenvalue weighted by atomic mass is 9.97. The number of ether oxygens (including phenoxy) is 1. The average Bonchev–Trinajstić information content (AvgIpc) is 2.88. The van der Waals surface area contributed by atoms with Crippen molar-refractivity contribution < 1.29 is 17.9 Å². The number of benzene rings is 2. The van der Waals surface area contributed by atoms with E-state index >= 15 is 0 Å². The van der Waals surface area contributed by atoms with Gasteiger partial charge in [-0.3, -0.25) is 0 Å². The molecule has 0 saturated heterocycles. The SMILES string of the molecule is CS(=O)(=O)c1ccc(C2=C(c3ccc(Cl)cc3Br)C(=O)OC2)cc1. The van der Waals surface area contributed by atoms with E-state index in [9.17, 15) is 13.2 Å². The van der Waals surface area contributed by atoms with Crippen LogP contribution in [-0.4, -0.2) is 27.2 Å². The summed E-state index contributed by atoms with van der Waals surface area (Å²) in [4.78, 5) is 12.4. The van der Waals surface area contributed by atoms with E-state index in [1.807, 2.05) is 0 Å². The van der Waals surface area contributed by atoms with Crippen molar-refractivity contribution in [3.8, 4) is 0 Å². The number of carbonyl (C=O) groups excluding carboxylic acids is 1. The maximum absolute atomic E-state index is 12.2. The fourth-order valence-electron chi connectivity index (χ4n) is 2.50. The Morgan fingerprint density at radius 3 is 2.38 bits per heavy atom. The fraction of sp³-hybridized carbons (Fsp3) is 0.118. The Bertz CT molecular complexity index is 963. The van der Waals surface area contributed by atoms with Crippen molar-refractivity contribution in [1.82, 2.24) is 0 Å². The lowest BCUT2D eigenvalue weighted by Crippen LogP contribution is -1.99. The van der Waals surface area contributed by atoms with Gasteiger partial charge >= 0.3 is 5.97 Å². The Balaban J connectivity index is 2.13. The van der Waals surface area contributed by atoms with Gasteiger partial charge in [0.2, 0.25) is 0 Å². The second-order valence-corrected chi connectivity index (χ2v) is 8.66. The van der Waals surface area contributed by atoms with Gasteiger partial charge in [-0.1, -0.05) is 45.7 Å². The van der Waals surface area contributed by atoms with Gasteiger partial charge in [0, 0.05) is 26.9 Å². The highest BCUT2D eigenvalue weighted by Gasteiger charge is 2.28. The van der Waals surface area contributed by atoms with E-state index in [0.29, 0.717) is 26.2 Å². The summed E-state index contributed by atoms with van der Waals surface area (Å²) in [5.74, 6) is -0.416. The molecular formula is C17H12BrClO4S. The van der Waals surface area contributed by atoms with Crippen LogP contribution in [0.2, 0.25) is 5.02 Å². The zero-order chi connectivity index (χ0) is 17.5. The molecule has 0 radical (unpaired) electrons. The van der Waals surface area contributed by atoms with E-state index in [0.717, 1.165) is 11.8 Å². The summed E-state index contributed by atoms with van der Waals surface area (Å²) in [5, 5.41) is 0.552. The number of sulfone groups is 1. The first-order valence-electron chi connectivity index (χ1n) is 6.93. The van der Waals surface area contributed by atoms with Gasteiger partial charge < -0.3 is 4.74 Å². The number of cyclic esters (lactones) is 1. The normalized spacial score (nSPS) is 14.9. The van der Waals surface area contributed by atoms with Gasteiger partial charge in [0.15, 0.2) is 9.84 Å². The molecule has 0 N–H and O–H groups in total. The van der Waals surface area contributed by atoms with Gasteiger partial charge in [-0.05, 0) is 29.8 Å². The Morgan fingerprint density at radius 1 is 1.12 bits per heavy atom. The lowest BCUT2D eigenvalue weighted by Gasteiger charge is -2.08. The third-order valence-corrected chi connectivity index (χ3v) is 5.70. The molecule has 4 nitrogen and oxygen atoms in total. The standard InChI is InChI=1S/C17H12BrClO4S/c1-24(21,22)12-5-2-10(3-6-12)14-9-23-17(20)16(14)13-7-4-11(19)8-15(13)18/h2-8H,9H2,1H3. The highest BCUT2D eigenvalue weighted by molar-refractivity contribution is 9.10. The van der Waals surface area contributed by atoms with Crippen LogP contribution in [0.15, 0.2) is 51.8 Å². The molecule has 0 spiro atoms. The first-order chi connectivity index (χ1) is 11.3. The number of hydrogen-bond acceptors (Lipinski definition) is 4. The molecule has 24 heavy (non-hydrogen) atoms. The van der Waals surface area contributed by atoms with E-state index in [2.05, 4.69) is 15.9 Å². The summed E-state index contributed by atoms with van der Waals surface area (Å²) in [6, 6.07) is 11.6. The average molecular weight is 428 g/mol. The van der Waals surface area contributed by atoms with Gasteiger partial charge in [-0.2, -0.15) is 0 Å². The monoisotopic (exact) mass is 426 g/mol. The second-order valence-electron chi connectivity index (χ2n) is 5.35. The molecule has 1 aliphatic rings. The van der Waals surface area contributed by atoms with E-state index in [1.54, 1.807) is 30.3 Å². The molecule has 124 valence electrons. The Kier molecular flexibility index (Phi) is 4.55. The number of carbonyl (C=O) groups is 1. The molecule has 3 rings (SSSR count). The minimum atomic E-state index is -3.27. The van der Waals surface area contributed by atoms with Crippen molar-refractivity contribution >= 4 is 54.5 Å². The Hall–Kier alpha value is -1.63. The topological polar surface area (TPSA) is 60.4 Å². The molecule has 1 aliphatic heterocycles. The highest BCUT2D eigenvalue weighted by atomic mass is 79.9. The predicted molar refractivity (Wildman–Crippen MR) is 96.5 cm³/mol. The number of rotatable bonds is 3. The Labute approximate surface area is 153 Å². The third kappa shape index (κ3) is 3.27. The van der Waals surface area contributed by atoms with Crippen molar-refractivity contribution in [3.05, 3.63) is 63.1 Å².